The highest BCUT2D eigenvalue weighted by molar-refractivity contribution is 4.54. The summed E-state index contributed by atoms with van der Waals surface area (Å²) in [6.07, 6.45) is 5.48. The van der Waals surface area contributed by atoms with E-state index < -0.39 is 0 Å². The van der Waals surface area contributed by atoms with Crippen LogP contribution in [0.1, 0.15) is 39.0 Å². The minimum Gasteiger partial charge on any atom is -0.412 e. The Labute approximate surface area is 68.9 Å². The third-order valence-electron chi connectivity index (χ3n) is 1.66. The van der Waals surface area contributed by atoms with Gasteiger partial charge in [-0.05, 0) is 6.42 Å². The molecule has 0 aromatic heterocycles. The van der Waals surface area contributed by atoms with Gasteiger partial charge in [0.1, 0.15) is 0 Å². The molecule has 0 saturated carbocycles. The summed E-state index contributed by atoms with van der Waals surface area (Å²) < 4.78 is 0. The van der Waals surface area contributed by atoms with Gasteiger partial charge in [0.15, 0.2) is 0 Å². The Morgan fingerprint density at radius 2 is 1.91 bits per heavy atom. The summed E-state index contributed by atoms with van der Waals surface area (Å²) in [6.45, 7) is 2.59. The zero-order valence-corrected chi connectivity index (χ0v) is 7.34. The lowest BCUT2D eigenvalue weighted by molar-refractivity contribution is 0.169. The molecule has 3 heteroatoms. The molecule has 0 rings (SSSR count). The molecule has 0 bridgehead atoms. The average molecular weight is 163 g/mol. The fourth-order valence-corrected chi connectivity index (χ4v) is 0.925. The molecule has 70 valence electrons. The fourth-order valence-electron chi connectivity index (χ4n) is 0.925. The molecule has 0 aliphatic carbocycles. The van der Waals surface area contributed by atoms with E-state index in [-0.39, 0.29) is 11.6 Å². The van der Waals surface area contributed by atoms with Gasteiger partial charge in [-0.25, -0.2) is 0 Å². The number of aliphatic hydroxyl groups excluding tert-OH is 1. The Bertz CT molecular complexity index is 69.1. The molecule has 1 unspecified atom stereocenters. The third-order valence-corrected chi connectivity index (χ3v) is 1.66. The SMILES string of the molecule is CCCCCCC(O)CN.O. The molecule has 0 aliphatic rings. The first-order valence-corrected chi connectivity index (χ1v) is 4.19. The van der Waals surface area contributed by atoms with Crippen molar-refractivity contribution in [2.45, 2.75) is 45.1 Å². The lowest BCUT2D eigenvalue weighted by Gasteiger charge is -2.05. The number of hydrogen-bond donors (Lipinski definition) is 2. The van der Waals surface area contributed by atoms with Crippen molar-refractivity contribution in [3.8, 4) is 0 Å². The van der Waals surface area contributed by atoms with Gasteiger partial charge in [0, 0.05) is 6.54 Å². The van der Waals surface area contributed by atoms with Crippen LogP contribution in [0, 0.1) is 0 Å². The summed E-state index contributed by atoms with van der Waals surface area (Å²) in [5.41, 5.74) is 5.24. The minimum absolute atomic E-state index is 0. The van der Waals surface area contributed by atoms with E-state index in [1.165, 1.54) is 19.3 Å². The Morgan fingerprint density at radius 3 is 2.36 bits per heavy atom. The monoisotopic (exact) mass is 163 g/mol. The van der Waals surface area contributed by atoms with Crippen molar-refractivity contribution in [3.63, 3.8) is 0 Å². The van der Waals surface area contributed by atoms with E-state index in [4.69, 9.17) is 10.8 Å². The highest BCUT2D eigenvalue weighted by Crippen LogP contribution is 2.04. The Morgan fingerprint density at radius 1 is 1.27 bits per heavy atom. The third kappa shape index (κ3) is 9.88. The summed E-state index contributed by atoms with van der Waals surface area (Å²) >= 11 is 0. The van der Waals surface area contributed by atoms with Crippen LogP contribution in [-0.2, 0) is 0 Å². The van der Waals surface area contributed by atoms with Gasteiger partial charge >= 0.3 is 0 Å². The summed E-state index contributed by atoms with van der Waals surface area (Å²) in [5, 5.41) is 9.03. The van der Waals surface area contributed by atoms with Crippen molar-refractivity contribution in [1.29, 1.82) is 0 Å². The summed E-state index contributed by atoms with van der Waals surface area (Å²) in [5.74, 6) is 0. The van der Waals surface area contributed by atoms with Gasteiger partial charge < -0.3 is 16.3 Å². The Hall–Kier alpha value is -0.120. The van der Waals surface area contributed by atoms with E-state index in [1.54, 1.807) is 0 Å². The highest BCUT2D eigenvalue weighted by atomic mass is 16.3. The maximum absolute atomic E-state index is 9.03. The van der Waals surface area contributed by atoms with Gasteiger partial charge in [-0.15, -0.1) is 0 Å². The highest BCUT2D eigenvalue weighted by Gasteiger charge is 1.98. The van der Waals surface area contributed by atoms with Gasteiger partial charge in [0.2, 0.25) is 0 Å². The zero-order chi connectivity index (χ0) is 7.82. The summed E-state index contributed by atoms with van der Waals surface area (Å²) in [6, 6.07) is 0. The Kier molecular flexibility index (Phi) is 12.1. The van der Waals surface area contributed by atoms with Crippen LogP contribution in [0.25, 0.3) is 0 Å². The molecule has 3 nitrogen and oxygen atoms in total. The Balaban J connectivity index is 0. The molecular formula is C8H21NO2. The molecule has 11 heavy (non-hydrogen) atoms. The van der Waals surface area contributed by atoms with Gasteiger partial charge in [0.25, 0.3) is 0 Å². The number of aliphatic hydroxyl groups is 1. The van der Waals surface area contributed by atoms with Crippen LogP contribution in [-0.4, -0.2) is 23.2 Å². The van der Waals surface area contributed by atoms with Crippen molar-refractivity contribution in [1.82, 2.24) is 0 Å². The average Bonchev–Trinajstić information content (AvgIpc) is 1.98. The fraction of sp³-hybridized carbons (Fsp3) is 1.00. The van der Waals surface area contributed by atoms with E-state index in [2.05, 4.69) is 6.92 Å². The molecule has 0 aromatic carbocycles. The quantitative estimate of drug-likeness (QED) is 0.558. The molecular weight excluding hydrogens is 142 g/mol. The van der Waals surface area contributed by atoms with E-state index in [0.717, 1.165) is 12.8 Å². The lowest BCUT2D eigenvalue weighted by Crippen LogP contribution is -2.19. The number of rotatable bonds is 6. The van der Waals surface area contributed by atoms with Crippen LogP contribution in [0.15, 0.2) is 0 Å². The maximum atomic E-state index is 9.03. The second-order valence-corrected chi connectivity index (χ2v) is 2.74. The van der Waals surface area contributed by atoms with Crippen molar-refractivity contribution < 1.29 is 10.6 Å². The van der Waals surface area contributed by atoms with Gasteiger partial charge in [-0.2, -0.15) is 0 Å². The number of nitrogens with two attached hydrogens (primary N) is 1. The van der Waals surface area contributed by atoms with E-state index in [9.17, 15) is 0 Å². The minimum atomic E-state index is -0.267. The largest absolute Gasteiger partial charge is 0.412 e. The van der Waals surface area contributed by atoms with E-state index >= 15 is 0 Å². The molecule has 1 atom stereocenters. The lowest BCUT2D eigenvalue weighted by atomic mass is 10.1. The number of hydrogen-bond acceptors (Lipinski definition) is 2. The van der Waals surface area contributed by atoms with Crippen molar-refractivity contribution in [3.05, 3.63) is 0 Å². The van der Waals surface area contributed by atoms with Crippen LogP contribution >= 0.6 is 0 Å². The molecule has 5 N–H and O–H groups in total. The van der Waals surface area contributed by atoms with Gasteiger partial charge in [-0.3, -0.25) is 0 Å². The van der Waals surface area contributed by atoms with Crippen LogP contribution in [0.2, 0.25) is 0 Å². The molecule has 0 aliphatic heterocycles. The molecule has 0 radical (unpaired) electrons. The standard InChI is InChI=1S/C8H19NO.H2O/c1-2-3-4-5-6-8(10)7-9;/h8,10H,2-7,9H2,1H3;1H2. The topological polar surface area (TPSA) is 77.8 Å². The zero-order valence-electron chi connectivity index (χ0n) is 7.34. The van der Waals surface area contributed by atoms with Crippen molar-refractivity contribution in [2.24, 2.45) is 5.73 Å². The van der Waals surface area contributed by atoms with Crippen LogP contribution < -0.4 is 5.73 Å². The summed E-state index contributed by atoms with van der Waals surface area (Å²) in [7, 11) is 0. The maximum Gasteiger partial charge on any atom is 0.0662 e. The van der Waals surface area contributed by atoms with Gasteiger partial charge in [0.05, 0.1) is 6.10 Å². The summed E-state index contributed by atoms with van der Waals surface area (Å²) in [4.78, 5) is 0. The molecule has 0 heterocycles. The smallest absolute Gasteiger partial charge is 0.0662 e. The molecule has 0 amide bonds. The van der Waals surface area contributed by atoms with Crippen molar-refractivity contribution in [2.75, 3.05) is 6.54 Å². The van der Waals surface area contributed by atoms with Crippen LogP contribution in [0.3, 0.4) is 0 Å². The van der Waals surface area contributed by atoms with E-state index in [0.29, 0.717) is 6.54 Å². The van der Waals surface area contributed by atoms with Crippen LogP contribution in [0.4, 0.5) is 0 Å². The molecule has 0 fully saturated rings. The second-order valence-electron chi connectivity index (χ2n) is 2.74. The first kappa shape index (κ1) is 13.5. The second kappa shape index (κ2) is 9.88. The molecule has 0 spiro atoms. The van der Waals surface area contributed by atoms with Crippen LogP contribution in [0.5, 0.6) is 0 Å². The normalized spacial score (nSPS) is 12.3. The molecule has 0 saturated heterocycles. The van der Waals surface area contributed by atoms with E-state index in [1.807, 2.05) is 0 Å². The first-order chi connectivity index (χ1) is 4.81. The first-order valence-electron chi connectivity index (χ1n) is 4.19. The predicted octanol–water partition coefficient (Wildman–Crippen LogP) is 0.452. The molecule has 0 aromatic rings. The van der Waals surface area contributed by atoms with Gasteiger partial charge in [-0.1, -0.05) is 32.6 Å². The predicted molar refractivity (Wildman–Crippen MR) is 47.4 cm³/mol. The van der Waals surface area contributed by atoms with Crippen molar-refractivity contribution >= 4 is 0 Å². The number of unbranched alkanes of at least 4 members (excludes halogenated alkanes) is 3.